The van der Waals surface area contributed by atoms with Gasteiger partial charge in [0.1, 0.15) is 17.5 Å². The smallest absolute Gasteiger partial charge is 0.431 e. The van der Waals surface area contributed by atoms with Crippen LogP contribution in [0.25, 0.3) is 0 Å². The summed E-state index contributed by atoms with van der Waals surface area (Å²) in [7, 11) is 3.14. The average molecular weight is 463 g/mol. The van der Waals surface area contributed by atoms with Gasteiger partial charge in [-0.05, 0) is 42.3 Å². The number of nitrogens with one attached hydrogen (secondary N) is 2. The van der Waals surface area contributed by atoms with Crippen LogP contribution >= 0.6 is 0 Å². The normalized spacial score (nSPS) is 15.4. The molecule has 0 fully saturated rings. The predicted molar refractivity (Wildman–Crippen MR) is 125 cm³/mol. The van der Waals surface area contributed by atoms with Gasteiger partial charge in [-0.3, -0.25) is 4.79 Å². The van der Waals surface area contributed by atoms with Crippen molar-refractivity contribution >= 4 is 23.4 Å². The number of hydrogen-bond donors (Lipinski definition) is 2. The summed E-state index contributed by atoms with van der Waals surface area (Å²) in [5.74, 6) is 0.848. The molecule has 176 valence electrons. The molecule has 1 atom stereocenters. The van der Waals surface area contributed by atoms with E-state index >= 15 is 0 Å². The van der Waals surface area contributed by atoms with Crippen LogP contribution in [0.2, 0.25) is 0 Å². The van der Waals surface area contributed by atoms with Gasteiger partial charge in [0.2, 0.25) is 0 Å². The van der Waals surface area contributed by atoms with E-state index in [9.17, 15) is 9.59 Å². The van der Waals surface area contributed by atoms with Crippen LogP contribution in [0.15, 0.2) is 60.1 Å². The first-order valence-electron chi connectivity index (χ1n) is 10.7. The number of aromatic nitrogens is 2. The molecule has 1 aliphatic heterocycles. The molecule has 0 radical (unpaired) electrons. The Hall–Kier alpha value is -4.34. The minimum Gasteiger partial charge on any atom is -0.493 e. The van der Waals surface area contributed by atoms with E-state index in [4.69, 9.17) is 14.2 Å². The molecule has 1 unspecified atom stereocenters. The number of hydrazone groups is 1. The van der Waals surface area contributed by atoms with Crippen molar-refractivity contribution < 1.29 is 23.8 Å². The van der Waals surface area contributed by atoms with Crippen LogP contribution in [0.5, 0.6) is 11.5 Å². The van der Waals surface area contributed by atoms with Crippen LogP contribution < -0.4 is 14.8 Å². The number of benzene rings is 2. The lowest BCUT2D eigenvalue weighted by molar-refractivity contribution is 0.0712. The van der Waals surface area contributed by atoms with Gasteiger partial charge in [-0.2, -0.15) is 10.1 Å². The van der Waals surface area contributed by atoms with Crippen LogP contribution in [-0.2, 0) is 11.3 Å². The fourth-order valence-corrected chi connectivity index (χ4v) is 3.54. The Morgan fingerprint density at radius 2 is 1.91 bits per heavy atom. The van der Waals surface area contributed by atoms with E-state index in [1.807, 2.05) is 31.2 Å². The Kier molecular flexibility index (Phi) is 6.77. The van der Waals surface area contributed by atoms with Crippen molar-refractivity contribution in [2.45, 2.75) is 26.0 Å². The average Bonchev–Trinajstić information content (AvgIpc) is 3.41. The van der Waals surface area contributed by atoms with Crippen molar-refractivity contribution in [1.82, 2.24) is 15.0 Å². The molecule has 0 spiro atoms. The summed E-state index contributed by atoms with van der Waals surface area (Å²) in [6.07, 6.45) is 2.55. The van der Waals surface area contributed by atoms with Gasteiger partial charge in [0.05, 0.1) is 27.1 Å². The van der Waals surface area contributed by atoms with Gasteiger partial charge in [-0.15, -0.1) is 0 Å². The highest BCUT2D eigenvalue weighted by Crippen LogP contribution is 2.30. The van der Waals surface area contributed by atoms with Crippen LogP contribution in [0, 0.1) is 0 Å². The number of rotatable bonds is 8. The number of methoxy groups -OCH3 is 2. The number of ether oxygens (including phenoxy) is 3. The number of nitrogens with zero attached hydrogens (tertiary/aromatic N) is 3. The molecule has 0 aliphatic carbocycles. The number of imidazole rings is 1. The molecule has 4 rings (SSSR count). The molecule has 0 saturated carbocycles. The molecular weight excluding hydrogens is 438 g/mol. The molecule has 0 saturated heterocycles. The number of carbonyl (C=O) groups is 2. The standard InChI is InChI=1S/C24H25N5O5/c1-4-19-22(16-7-10-20(32-2)21(11-16)33-3)28-29(24(31)34-19)13-15-5-8-17(9-6-15)27-23(30)18-12-25-14-26-18/h5-12,14,19H,4,13H2,1-3H3,(H,25,26)(H,27,30). The molecule has 2 heterocycles. The third-order valence-corrected chi connectivity index (χ3v) is 5.31. The maximum atomic E-state index is 12.6. The Bertz CT molecular complexity index is 1190. The van der Waals surface area contributed by atoms with Crippen molar-refractivity contribution in [3.05, 3.63) is 71.8 Å². The number of cyclic esters (lactones) is 1. The number of H-pyrrole nitrogens is 1. The molecule has 2 amide bonds. The van der Waals surface area contributed by atoms with Crippen molar-refractivity contribution in [3.8, 4) is 11.5 Å². The van der Waals surface area contributed by atoms with E-state index in [0.717, 1.165) is 11.1 Å². The molecule has 1 aromatic heterocycles. The summed E-state index contributed by atoms with van der Waals surface area (Å²) in [5, 5.41) is 8.67. The lowest BCUT2D eigenvalue weighted by Crippen LogP contribution is -2.41. The monoisotopic (exact) mass is 463 g/mol. The lowest BCUT2D eigenvalue weighted by Gasteiger charge is -2.29. The van der Waals surface area contributed by atoms with E-state index in [-0.39, 0.29) is 12.5 Å². The van der Waals surface area contributed by atoms with E-state index < -0.39 is 12.2 Å². The van der Waals surface area contributed by atoms with Crippen LogP contribution in [0.4, 0.5) is 10.5 Å². The summed E-state index contributed by atoms with van der Waals surface area (Å²) < 4.78 is 16.4. The van der Waals surface area contributed by atoms with Crippen molar-refractivity contribution in [3.63, 3.8) is 0 Å². The molecule has 0 bridgehead atoms. The lowest BCUT2D eigenvalue weighted by atomic mass is 10.0. The van der Waals surface area contributed by atoms with E-state index in [1.165, 1.54) is 17.5 Å². The molecule has 1 aliphatic rings. The molecular formula is C24H25N5O5. The first kappa shape index (κ1) is 22.8. The van der Waals surface area contributed by atoms with Crippen LogP contribution in [-0.4, -0.2) is 53.0 Å². The third kappa shape index (κ3) is 4.85. The van der Waals surface area contributed by atoms with Gasteiger partial charge in [0.25, 0.3) is 5.91 Å². The first-order valence-corrected chi connectivity index (χ1v) is 10.7. The molecule has 2 N–H and O–H groups in total. The maximum absolute atomic E-state index is 12.6. The number of amides is 2. The Balaban J connectivity index is 1.53. The van der Waals surface area contributed by atoms with Gasteiger partial charge in [0, 0.05) is 17.4 Å². The van der Waals surface area contributed by atoms with Crippen LogP contribution in [0.3, 0.4) is 0 Å². The third-order valence-electron chi connectivity index (χ3n) is 5.31. The van der Waals surface area contributed by atoms with Gasteiger partial charge < -0.3 is 24.5 Å². The van der Waals surface area contributed by atoms with Crippen molar-refractivity contribution in [1.29, 1.82) is 0 Å². The van der Waals surface area contributed by atoms with Gasteiger partial charge >= 0.3 is 6.09 Å². The summed E-state index contributed by atoms with van der Waals surface area (Å²) in [5.41, 5.74) is 3.13. The second kappa shape index (κ2) is 10.1. The zero-order valence-electron chi connectivity index (χ0n) is 19.1. The molecule has 10 nitrogen and oxygen atoms in total. The predicted octanol–water partition coefficient (Wildman–Crippen LogP) is 3.81. The van der Waals surface area contributed by atoms with Gasteiger partial charge in [-0.1, -0.05) is 19.1 Å². The molecule has 2 aromatic carbocycles. The second-order valence-corrected chi connectivity index (χ2v) is 7.50. The van der Waals surface area contributed by atoms with E-state index in [1.54, 1.807) is 32.4 Å². The topological polar surface area (TPSA) is 118 Å². The number of aromatic amines is 1. The largest absolute Gasteiger partial charge is 0.493 e. The number of carbonyl (C=O) groups excluding carboxylic acids is 2. The number of anilines is 1. The summed E-state index contributed by atoms with van der Waals surface area (Å²) in [6.45, 7) is 2.14. The highest BCUT2D eigenvalue weighted by molar-refractivity contribution is 6.06. The second-order valence-electron chi connectivity index (χ2n) is 7.50. The van der Waals surface area contributed by atoms with Gasteiger partial charge in [0.15, 0.2) is 11.5 Å². The quantitative estimate of drug-likeness (QED) is 0.524. The van der Waals surface area contributed by atoms with E-state index in [2.05, 4.69) is 20.4 Å². The van der Waals surface area contributed by atoms with Crippen molar-refractivity contribution in [2.75, 3.05) is 19.5 Å². The Morgan fingerprint density at radius 3 is 2.56 bits per heavy atom. The Labute approximate surface area is 196 Å². The minimum absolute atomic E-state index is 0.208. The van der Waals surface area contributed by atoms with Crippen LogP contribution in [0.1, 0.15) is 35.0 Å². The zero-order chi connectivity index (χ0) is 24.1. The number of hydrogen-bond acceptors (Lipinski definition) is 7. The Morgan fingerprint density at radius 1 is 1.15 bits per heavy atom. The summed E-state index contributed by atoms with van der Waals surface area (Å²) in [4.78, 5) is 31.4. The minimum atomic E-state index is -0.521. The highest BCUT2D eigenvalue weighted by atomic mass is 16.6. The first-order chi connectivity index (χ1) is 16.5. The SMILES string of the molecule is CCC1OC(=O)N(Cc2ccc(NC(=O)c3c[nH]cn3)cc2)N=C1c1ccc(OC)c(OC)c1. The highest BCUT2D eigenvalue weighted by Gasteiger charge is 2.31. The van der Waals surface area contributed by atoms with Crippen molar-refractivity contribution in [2.24, 2.45) is 5.10 Å². The molecule has 10 heteroatoms. The summed E-state index contributed by atoms with van der Waals surface area (Å²) in [6, 6.07) is 12.6. The maximum Gasteiger partial charge on any atom is 0.431 e. The molecule has 3 aromatic rings. The zero-order valence-corrected chi connectivity index (χ0v) is 19.1. The summed E-state index contributed by atoms with van der Waals surface area (Å²) >= 11 is 0. The fourth-order valence-electron chi connectivity index (χ4n) is 3.54. The molecule has 34 heavy (non-hydrogen) atoms. The van der Waals surface area contributed by atoms with Gasteiger partial charge in [-0.25, -0.2) is 9.78 Å². The van der Waals surface area contributed by atoms with E-state index in [0.29, 0.717) is 35.0 Å². The fraction of sp³-hybridized carbons (Fsp3) is 0.250.